The van der Waals surface area contributed by atoms with Gasteiger partial charge in [-0.15, -0.1) is 0 Å². The van der Waals surface area contributed by atoms with Crippen LogP contribution in [0.3, 0.4) is 0 Å². The number of aliphatic hydroxyl groups excluding tert-OH is 1. The fourth-order valence-electron chi connectivity index (χ4n) is 3.89. The molecule has 0 aliphatic heterocycles. The van der Waals surface area contributed by atoms with E-state index in [9.17, 15) is 5.11 Å². The number of nitrogens with zero attached hydrogens (tertiary/aromatic N) is 8. The van der Waals surface area contributed by atoms with Gasteiger partial charge in [0.05, 0.1) is 31.2 Å². The molecule has 0 radical (unpaired) electrons. The molecule has 0 aliphatic carbocycles. The van der Waals surface area contributed by atoms with Crippen molar-refractivity contribution in [1.82, 2.24) is 38.9 Å². The third-order valence-electron chi connectivity index (χ3n) is 5.54. The Morgan fingerprint density at radius 1 is 1.20 bits per heavy atom. The number of pyridine rings is 1. The van der Waals surface area contributed by atoms with Gasteiger partial charge in [0.1, 0.15) is 16.1 Å². The Labute approximate surface area is 206 Å². The molecule has 5 aromatic heterocycles. The van der Waals surface area contributed by atoms with E-state index >= 15 is 0 Å². The maximum absolute atomic E-state index is 9.90. The molecule has 2 N–H and O–H groups in total. The normalized spacial score (nSPS) is 13.0. The first-order valence-electron chi connectivity index (χ1n) is 11.1. The minimum atomic E-state index is -0.523. The highest BCUT2D eigenvalue weighted by Gasteiger charge is 2.23. The zero-order valence-electron chi connectivity index (χ0n) is 20.1. The van der Waals surface area contributed by atoms with Crippen LogP contribution >= 0.6 is 11.6 Å². The maximum Gasteiger partial charge on any atom is 0.210 e. The molecule has 1 atom stereocenters. The van der Waals surface area contributed by atoms with Gasteiger partial charge in [-0.3, -0.25) is 9.67 Å². The van der Waals surface area contributed by atoms with E-state index < -0.39 is 6.10 Å². The van der Waals surface area contributed by atoms with Gasteiger partial charge in [0.25, 0.3) is 0 Å². The number of hydrogen-bond acceptors (Lipinski definition) is 8. The summed E-state index contributed by atoms with van der Waals surface area (Å²) < 4.78 is 11.3. The van der Waals surface area contributed by atoms with Crippen LogP contribution in [0, 0.1) is 0 Å². The number of imidazole rings is 1. The van der Waals surface area contributed by atoms with Crippen LogP contribution in [0.2, 0.25) is 5.02 Å². The molecule has 11 nitrogen and oxygen atoms in total. The van der Waals surface area contributed by atoms with Gasteiger partial charge in [0.2, 0.25) is 5.95 Å². The first-order valence-corrected chi connectivity index (χ1v) is 11.5. The Balaban J connectivity index is 1.48. The highest BCUT2D eigenvalue weighted by atomic mass is 35.5. The summed E-state index contributed by atoms with van der Waals surface area (Å²) in [7, 11) is 1.84. The average Bonchev–Trinajstić information content (AvgIpc) is 3.46. The number of fused-ring (bicyclic) bond motifs is 2. The summed E-state index contributed by atoms with van der Waals surface area (Å²) in [5.41, 5.74) is 2.63. The van der Waals surface area contributed by atoms with Gasteiger partial charge < -0.3 is 19.7 Å². The lowest BCUT2D eigenvalue weighted by Crippen LogP contribution is -2.22. The molecule has 35 heavy (non-hydrogen) atoms. The van der Waals surface area contributed by atoms with Crippen LogP contribution in [-0.4, -0.2) is 50.1 Å². The summed E-state index contributed by atoms with van der Waals surface area (Å²) in [6, 6.07) is 1.96. The lowest BCUT2D eigenvalue weighted by atomic mass is 9.92. The maximum atomic E-state index is 9.90. The quantitative estimate of drug-likeness (QED) is 0.361. The number of hydrogen-bond donors (Lipinski definition) is 2. The van der Waals surface area contributed by atoms with Crippen LogP contribution in [-0.2, 0) is 19.0 Å². The van der Waals surface area contributed by atoms with Crippen molar-refractivity contribution in [2.75, 3.05) is 5.32 Å². The zero-order chi connectivity index (χ0) is 24.9. The van der Waals surface area contributed by atoms with E-state index in [0.29, 0.717) is 51.5 Å². The summed E-state index contributed by atoms with van der Waals surface area (Å²) >= 11 is 6.73. The van der Waals surface area contributed by atoms with Gasteiger partial charge in [0.15, 0.2) is 23.0 Å². The number of anilines is 2. The number of rotatable bonds is 6. The van der Waals surface area contributed by atoms with Crippen molar-refractivity contribution in [2.24, 2.45) is 7.05 Å². The van der Waals surface area contributed by atoms with E-state index in [-0.39, 0.29) is 5.41 Å². The SMILES string of the molecule is C[C@H](O)Cn1nc(Nc2nc3ncc(Oc4cnn5ccncc45)c(Cl)c3n2C)cc1C(C)(C)C. The molecule has 5 aromatic rings. The molecule has 0 saturated heterocycles. The number of aliphatic hydroxyl groups is 1. The first kappa shape index (κ1) is 23.1. The lowest BCUT2D eigenvalue weighted by Gasteiger charge is -2.20. The third kappa shape index (κ3) is 4.28. The Morgan fingerprint density at radius 2 is 2.00 bits per heavy atom. The summed E-state index contributed by atoms with van der Waals surface area (Å²) in [4.78, 5) is 13.2. The van der Waals surface area contributed by atoms with Crippen LogP contribution in [0.15, 0.2) is 37.1 Å². The van der Waals surface area contributed by atoms with E-state index in [1.807, 2.05) is 17.8 Å². The summed E-state index contributed by atoms with van der Waals surface area (Å²) in [5.74, 6) is 2.03. The highest BCUT2D eigenvalue weighted by molar-refractivity contribution is 6.36. The molecule has 182 valence electrons. The van der Waals surface area contributed by atoms with Crippen molar-refractivity contribution >= 4 is 40.0 Å². The molecule has 0 bridgehead atoms. The van der Waals surface area contributed by atoms with Crippen LogP contribution in [0.4, 0.5) is 11.8 Å². The van der Waals surface area contributed by atoms with E-state index in [2.05, 4.69) is 51.2 Å². The van der Waals surface area contributed by atoms with Gasteiger partial charge in [-0.25, -0.2) is 9.50 Å². The number of halogens is 1. The molecule has 0 aliphatic rings. The fourth-order valence-corrected chi connectivity index (χ4v) is 4.19. The number of nitrogens with one attached hydrogen (secondary N) is 1. The van der Waals surface area contributed by atoms with Gasteiger partial charge in [0, 0.05) is 36.6 Å². The second kappa shape index (κ2) is 8.51. The zero-order valence-corrected chi connectivity index (χ0v) is 20.8. The molecular weight excluding hydrogens is 470 g/mol. The summed E-state index contributed by atoms with van der Waals surface area (Å²) in [6.45, 7) is 8.44. The number of aryl methyl sites for hydroxylation is 1. The Morgan fingerprint density at radius 3 is 2.74 bits per heavy atom. The van der Waals surface area contributed by atoms with Crippen LogP contribution in [0.25, 0.3) is 16.7 Å². The lowest BCUT2D eigenvalue weighted by molar-refractivity contribution is 0.165. The Bertz CT molecular complexity index is 1530. The summed E-state index contributed by atoms with van der Waals surface area (Å²) in [5, 5.41) is 22.4. The third-order valence-corrected chi connectivity index (χ3v) is 5.91. The van der Waals surface area contributed by atoms with Crippen LogP contribution in [0.5, 0.6) is 11.5 Å². The predicted molar refractivity (Wildman–Crippen MR) is 132 cm³/mol. The van der Waals surface area contributed by atoms with E-state index in [0.717, 1.165) is 5.69 Å². The molecule has 5 rings (SSSR count). The molecule has 5 heterocycles. The minimum absolute atomic E-state index is 0.154. The van der Waals surface area contributed by atoms with E-state index in [1.54, 1.807) is 40.8 Å². The first-order chi connectivity index (χ1) is 16.6. The minimum Gasteiger partial charge on any atom is -0.450 e. The van der Waals surface area contributed by atoms with Crippen molar-refractivity contribution in [3.63, 3.8) is 0 Å². The standard InChI is InChI=1S/C23H26ClN9O2/c1-13(34)12-33-17(23(2,3)4)8-18(30-33)28-22-29-21-20(31(22)5)19(24)16(10-26-21)35-15-11-27-32-7-6-25-9-14(15)32/h6-11,13,34H,12H2,1-5H3,(H,26,28,29,30)/t13-/m0/s1. The Kier molecular flexibility index (Phi) is 5.60. The molecule has 12 heteroatoms. The fraction of sp³-hybridized carbons (Fsp3) is 0.348. The summed E-state index contributed by atoms with van der Waals surface area (Å²) in [6.07, 6.45) is 7.66. The van der Waals surface area contributed by atoms with Crippen molar-refractivity contribution in [2.45, 2.75) is 45.8 Å². The van der Waals surface area contributed by atoms with Gasteiger partial charge in [-0.1, -0.05) is 32.4 Å². The van der Waals surface area contributed by atoms with E-state index in [1.165, 1.54) is 6.20 Å². The van der Waals surface area contributed by atoms with Crippen molar-refractivity contribution in [3.05, 3.63) is 47.8 Å². The largest absolute Gasteiger partial charge is 0.450 e. The Hall–Kier alpha value is -3.70. The van der Waals surface area contributed by atoms with Gasteiger partial charge in [-0.05, 0) is 6.92 Å². The molecular formula is C23H26ClN9O2. The average molecular weight is 496 g/mol. The molecule has 0 saturated carbocycles. The van der Waals surface area contributed by atoms with Crippen molar-refractivity contribution in [3.8, 4) is 11.5 Å². The van der Waals surface area contributed by atoms with Gasteiger partial charge in [-0.2, -0.15) is 15.2 Å². The van der Waals surface area contributed by atoms with Crippen molar-refractivity contribution in [1.29, 1.82) is 0 Å². The molecule has 0 aromatic carbocycles. The molecule has 0 fully saturated rings. The van der Waals surface area contributed by atoms with Crippen molar-refractivity contribution < 1.29 is 9.84 Å². The number of aromatic nitrogens is 8. The second-order valence-corrected chi connectivity index (χ2v) is 9.82. The topological polar surface area (TPSA) is 120 Å². The van der Waals surface area contributed by atoms with Crippen LogP contribution in [0.1, 0.15) is 33.4 Å². The van der Waals surface area contributed by atoms with Crippen LogP contribution < -0.4 is 10.1 Å². The molecule has 0 spiro atoms. The second-order valence-electron chi connectivity index (χ2n) is 9.44. The number of ether oxygens (including phenoxy) is 1. The monoisotopic (exact) mass is 495 g/mol. The highest BCUT2D eigenvalue weighted by Crippen LogP contribution is 2.36. The van der Waals surface area contributed by atoms with Gasteiger partial charge >= 0.3 is 0 Å². The molecule has 0 amide bonds. The molecule has 0 unspecified atom stereocenters. The smallest absolute Gasteiger partial charge is 0.210 e. The van der Waals surface area contributed by atoms with E-state index in [4.69, 9.17) is 16.3 Å². The predicted octanol–water partition coefficient (Wildman–Crippen LogP) is 4.08.